The average molecular weight is 208 g/mol. The van der Waals surface area contributed by atoms with Gasteiger partial charge in [0, 0.05) is 12.8 Å². The molecule has 15 heavy (non-hydrogen) atoms. The summed E-state index contributed by atoms with van der Waals surface area (Å²) in [6.45, 7) is 3.18. The molecule has 0 spiro atoms. The molecule has 0 fully saturated rings. The molecule has 1 unspecified atom stereocenters. The first kappa shape index (κ1) is 12.4. The summed E-state index contributed by atoms with van der Waals surface area (Å²) in [6.07, 6.45) is 16.1. The first-order valence-electron chi connectivity index (χ1n) is 6.35. The van der Waals surface area contributed by atoms with Crippen molar-refractivity contribution in [1.29, 1.82) is 0 Å². The SMILES string of the molecule is CCCCCCCC/C=C/C1N=CCN1. The number of hydrogen-bond acceptors (Lipinski definition) is 2. The van der Waals surface area contributed by atoms with Crippen molar-refractivity contribution in [2.24, 2.45) is 4.99 Å². The van der Waals surface area contributed by atoms with Gasteiger partial charge in [-0.1, -0.05) is 45.1 Å². The Bertz CT molecular complexity index is 197. The maximum Gasteiger partial charge on any atom is 0.118 e. The molecule has 2 heteroatoms. The van der Waals surface area contributed by atoms with E-state index in [1.165, 1.54) is 44.9 Å². The van der Waals surface area contributed by atoms with Crippen molar-refractivity contribution in [2.75, 3.05) is 6.54 Å². The molecule has 1 rings (SSSR count). The van der Waals surface area contributed by atoms with Crippen LogP contribution in [-0.2, 0) is 0 Å². The molecule has 0 radical (unpaired) electrons. The van der Waals surface area contributed by atoms with Crippen LogP contribution in [0.15, 0.2) is 17.1 Å². The van der Waals surface area contributed by atoms with Gasteiger partial charge in [0.25, 0.3) is 0 Å². The minimum Gasteiger partial charge on any atom is -0.287 e. The fourth-order valence-corrected chi connectivity index (χ4v) is 1.78. The molecule has 1 heterocycles. The zero-order valence-electron chi connectivity index (χ0n) is 9.91. The van der Waals surface area contributed by atoms with Crippen molar-refractivity contribution in [2.45, 2.75) is 58.0 Å². The number of hydrogen-bond donors (Lipinski definition) is 1. The van der Waals surface area contributed by atoms with Gasteiger partial charge in [-0.05, 0) is 18.9 Å². The van der Waals surface area contributed by atoms with E-state index >= 15 is 0 Å². The minimum absolute atomic E-state index is 0.255. The molecule has 0 aromatic carbocycles. The lowest BCUT2D eigenvalue weighted by atomic mass is 10.1. The number of rotatable bonds is 8. The Balaban J connectivity index is 1.85. The van der Waals surface area contributed by atoms with Gasteiger partial charge in [-0.3, -0.25) is 10.3 Å². The van der Waals surface area contributed by atoms with Crippen molar-refractivity contribution in [3.63, 3.8) is 0 Å². The maximum atomic E-state index is 4.27. The third-order valence-corrected chi connectivity index (χ3v) is 2.73. The summed E-state index contributed by atoms with van der Waals surface area (Å²) in [7, 11) is 0. The number of aliphatic imine (C=N–C) groups is 1. The summed E-state index contributed by atoms with van der Waals surface area (Å²) >= 11 is 0. The van der Waals surface area contributed by atoms with E-state index in [2.05, 4.69) is 29.4 Å². The van der Waals surface area contributed by atoms with Crippen LogP contribution in [0.3, 0.4) is 0 Å². The molecule has 2 nitrogen and oxygen atoms in total. The molecule has 1 aliphatic heterocycles. The van der Waals surface area contributed by atoms with Crippen molar-refractivity contribution in [3.8, 4) is 0 Å². The summed E-state index contributed by atoms with van der Waals surface area (Å²) in [5.41, 5.74) is 0. The van der Waals surface area contributed by atoms with Crippen LogP contribution in [0.5, 0.6) is 0 Å². The van der Waals surface area contributed by atoms with Crippen molar-refractivity contribution < 1.29 is 0 Å². The Labute approximate surface area is 93.9 Å². The summed E-state index contributed by atoms with van der Waals surface area (Å²) in [6, 6.07) is 0. The smallest absolute Gasteiger partial charge is 0.118 e. The van der Waals surface area contributed by atoms with Crippen LogP contribution in [0, 0.1) is 0 Å². The highest BCUT2D eigenvalue weighted by atomic mass is 15.1. The van der Waals surface area contributed by atoms with E-state index in [-0.39, 0.29) is 6.17 Å². The van der Waals surface area contributed by atoms with Gasteiger partial charge in [-0.2, -0.15) is 0 Å². The second-order valence-corrected chi connectivity index (χ2v) is 4.17. The van der Waals surface area contributed by atoms with Crippen molar-refractivity contribution >= 4 is 6.21 Å². The molecule has 86 valence electrons. The lowest BCUT2D eigenvalue weighted by Crippen LogP contribution is -2.19. The predicted octanol–water partition coefficient (Wildman–Crippen LogP) is 3.29. The van der Waals surface area contributed by atoms with Crippen LogP contribution in [0.2, 0.25) is 0 Å². The zero-order valence-corrected chi connectivity index (χ0v) is 9.91. The van der Waals surface area contributed by atoms with Gasteiger partial charge >= 0.3 is 0 Å². The molecule has 1 aliphatic rings. The van der Waals surface area contributed by atoms with Gasteiger partial charge in [0.05, 0.1) is 0 Å². The first-order chi connectivity index (χ1) is 7.43. The molecule has 1 N–H and O–H groups in total. The summed E-state index contributed by atoms with van der Waals surface area (Å²) in [4.78, 5) is 4.27. The zero-order chi connectivity index (χ0) is 10.8. The molecule has 0 saturated carbocycles. The predicted molar refractivity (Wildman–Crippen MR) is 67.4 cm³/mol. The highest BCUT2D eigenvalue weighted by Gasteiger charge is 2.02. The second kappa shape index (κ2) is 8.66. The van der Waals surface area contributed by atoms with Gasteiger partial charge in [-0.15, -0.1) is 0 Å². The van der Waals surface area contributed by atoms with Gasteiger partial charge in [0.2, 0.25) is 0 Å². The fraction of sp³-hybridized carbons (Fsp3) is 0.769. The molecular formula is C13H24N2. The lowest BCUT2D eigenvalue weighted by Gasteiger charge is -2.00. The van der Waals surface area contributed by atoms with Gasteiger partial charge < -0.3 is 0 Å². The van der Waals surface area contributed by atoms with E-state index in [1.54, 1.807) is 0 Å². The van der Waals surface area contributed by atoms with Crippen molar-refractivity contribution in [1.82, 2.24) is 5.32 Å². The highest BCUT2D eigenvalue weighted by Crippen LogP contribution is 2.07. The average Bonchev–Trinajstić information content (AvgIpc) is 2.75. The normalized spacial score (nSPS) is 20.5. The van der Waals surface area contributed by atoms with Crippen LogP contribution in [0.1, 0.15) is 51.9 Å². The molecule has 0 amide bonds. The van der Waals surface area contributed by atoms with Crippen LogP contribution in [-0.4, -0.2) is 18.9 Å². The Kier molecular flexibility index (Phi) is 7.18. The topological polar surface area (TPSA) is 24.4 Å². The Morgan fingerprint density at radius 1 is 1.27 bits per heavy atom. The summed E-state index contributed by atoms with van der Waals surface area (Å²) in [5.74, 6) is 0. The van der Waals surface area contributed by atoms with Crippen molar-refractivity contribution in [3.05, 3.63) is 12.2 Å². The number of nitrogens with one attached hydrogen (secondary N) is 1. The molecule has 1 atom stereocenters. The number of nitrogens with zero attached hydrogens (tertiary/aromatic N) is 1. The van der Waals surface area contributed by atoms with E-state index in [4.69, 9.17) is 0 Å². The quantitative estimate of drug-likeness (QED) is 0.480. The third-order valence-electron chi connectivity index (χ3n) is 2.73. The largest absolute Gasteiger partial charge is 0.287 e. The van der Waals surface area contributed by atoms with E-state index in [1.807, 2.05) is 6.21 Å². The fourth-order valence-electron chi connectivity index (χ4n) is 1.78. The van der Waals surface area contributed by atoms with E-state index in [9.17, 15) is 0 Å². The van der Waals surface area contributed by atoms with Crippen LogP contribution in [0.25, 0.3) is 0 Å². The van der Waals surface area contributed by atoms with Crippen LogP contribution >= 0.6 is 0 Å². The second-order valence-electron chi connectivity index (χ2n) is 4.17. The molecule has 0 aliphatic carbocycles. The van der Waals surface area contributed by atoms with Crippen LogP contribution < -0.4 is 5.32 Å². The Morgan fingerprint density at radius 2 is 2.07 bits per heavy atom. The molecular weight excluding hydrogens is 184 g/mol. The molecule has 0 saturated heterocycles. The standard InChI is InChI=1S/C13H24N2/c1-2-3-4-5-6-7-8-9-10-13-14-11-12-15-13/h9-11,13,15H,2-8,12H2,1H3/b10-9+. The monoisotopic (exact) mass is 208 g/mol. The summed E-state index contributed by atoms with van der Waals surface area (Å²) in [5, 5.41) is 3.27. The molecule has 0 bridgehead atoms. The minimum atomic E-state index is 0.255. The van der Waals surface area contributed by atoms with E-state index < -0.39 is 0 Å². The number of allylic oxidation sites excluding steroid dienone is 1. The molecule has 0 aromatic heterocycles. The van der Waals surface area contributed by atoms with Crippen LogP contribution in [0.4, 0.5) is 0 Å². The Morgan fingerprint density at radius 3 is 2.80 bits per heavy atom. The molecule has 0 aromatic rings. The third kappa shape index (κ3) is 6.45. The Hall–Kier alpha value is -0.630. The number of unbranched alkanes of at least 4 members (excludes halogenated alkanes) is 6. The first-order valence-corrected chi connectivity index (χ1v) is 6.35. The lowest BCUT2D eigenvalue weighted by molar-refractivity contribution is 0.610. The van der Waals surface area contributed by atoms with Gasteiger partial charge in [-0.25, -0.2) is 0 Å². The van der Waals surface area contributed by atoms with E-state index in [0.29, 0.717) is 0 Å². The highest BCUT2D eigenvalue weighted by molar-refractivity contribution is 5.62. The maximum absolute atomic E-state index is 4.27. The van der Waals surface area contributed by atoms with Gasteiger partial charge in [0.15, 0.2) is 0 Å². The van der Waals surface area contributed by atoms with E-state index in [0.717, 1.165) is 6.54 Å². The summed E-state index contributed by atoms with van der Waals surface area (Å²) < 4.78 is 0. The van der Waals surface area contributed by atoms with Gasteiger partial charge in [0.1, 0.15) is 6.17 Å².